The molecule has 152 valence electrons. The van der Waals surface area contributed by atoms with E-state index in [1.54, 1.807) is 18.7 Å². The molecule has 1 aliphatic heterocycles. The first-order valence-electron chi connectivity index (χ1n) is 9.51. The Morgan fingerprint density at radius 1 is 1.21 bits per heavy atom. The summed E-state index contributed by atoms with van der Waals surface area (Å²) in [5, 5.41) is 7.38. The molecule has 4 rings (SSSR count). The highest BCUT2D eigenvalue weighted by atomic mass is 16.5. The van der Waals surface area contributed by atoms with E-state index in [2.05, 4.69) is 10.4 Å². The van der Waals surface area contributed by atoms with E-state index >= 15 is 0 Å². The summed E-state index contributed by atoms with van der Waals surface area (Å²) >= 11 is 0. The Kier molecular flexibility index (Phi) is 5.00. The maximum Gasteiger partial charge on any atom is 0.240 e. The first kappa shape index (κ1) is 19.0. The molecule has 0 bridgehead atoms. The molecule has 1 N–H and O–H groups in total. The van der Waals surface area contributed by atoms with Gasteiger partial charge in [0.05, 0.1) is 31.8 Å². The van der Waals surface area contributed by atoms with Gasteiger partial charge in [0, 0.05) is 24.4 Å². The van der Waals surface area contributed by atoms with Crippen molar-refractivity contribution in [3.8, 4) is 28.6 Å². The van der Waals surface area contributed by atoms with E-state index in [-0.39, 0.29) is 17.9 Å². The Morgan fingerprint density at radius 2 is 2.00 bits per heavy atom. The molecule has 3 aromatic rings. The van der Waals surface area contributed by atoms with E-state index in [1.807, 2.05) is 44.3 Å². The molecule has 8 nitrogen and oxygen atoms in total. The molecule has 29 heavy (non-hydrogen) atoms. The number of aromatic nitrogens is 3. The van der Waals surface area contributed by atoms with Gasteiger partial charge < -0.3 is 19.5 Å². The number of hydrogen-bond acceptors (Lipinski definition) is 6. The molecular formula is C21H24N4O4. The number of nitrogens with zero attached hydrogens (tertiary/aromatic N) is 3. The average molecular weight is 396 g/mol. The fourth-order valence-corrected chi connectivity index (χ4v) is 3.54. The molecule has 1 fully saturated rings. The Balaban J connectivity index is 1.73. The van der Waals surface area contributed by atoms with Gasteiger partial charge in [-0.05, 0) is 38.1 Å². The third kappa shape index (κ3) is 3.70. The number of hydrogen-bond donors (Lipinski definition) is 1. The molecule has 1 aromatic carbocycles. The van der Waals surface area contributed by atoms with Crippen molar-refractivity contribution in [2.75, 3.05) is 20.8 Å². The van der Waals surface area contributed by atoms with Gasteiger partial charge in [-0.15, -0.1) is 0 Å². The number of carbonyl (C=O) groups is 1. The van der Waals surface area contributed by atoms with Gasteiger partial charge >= 0.3 is 0 Å². The van der Waals surface area contributed by atoms with E-state index in [4.69, 9.17) is 19.2 Å². The topological polar surface area (TPSA) is 87.0 Å². The lowest BCUT2D eigenvalue weighted by atomic mass is 10.0. The SMILES string of the molecule is COc1ccc(-c2cn3nc(C)cc3c(OC(C)C3CNC(=O)C3)n2)cc1OC. The number of carbonyl (C=O) groups excluding carboxylic acids is 1. The summed E-state index contributed by atoms with van der Waals surface area (Å²) in [7, 11) is 3.20. The number of ether oxygens (including phenoxy) is 3. The molecular weight excluding hydrogens is 372 g/mol. The molecule has 0 radical (unpaired) electrons. The van der Waals surface area contributed by atoms with Gasteiger partial charge in [0.15, 0.2) is 11.5 Å². The van der Waals surface area contributed by atoms with Gasteiger partial charge in [0.2, 0.25) is 11.8 Å². The minimum absolute atomic E-state index is 0.0582. The first-order chi connectivity index (χ1) is 14.0. The largest absolute Gasteiger partial charge is 0.493 e. The summed E-state index contributed by atoms with van der Waals surface area (Å²) in [5.74, 6) is 1.93. The predicted octanol–water partition coefficient (Wildman–Crippen LogP) is 2.63. The van der Waals surface area contributed by atoms with Gasteiger partial charge in [-0.1, -0.05) is 0 Å². The average Bonchev–Trinajstić information content (AvgIpc) is 3.32. The van der Waals surface area contributed by atoms with Crippen molar-refractivity contribution >= 4 is 11.4 Å². The molecule has 1 amide bonds. The molecule has 1 aliphatic rings. The van der Waals surface area contributed by atoms with Gasteiger partial charge in [-0.2, -0.15) is 5.10 Å². The van der Waals surface area contributed by atoms with Crippen LogP contribution in [0.3, 0.4) is 0 Å². The van der Waals surface area contributed by atoms with Crippen molar-refractivity contribution in [1.29, 1.82) is 0 Å². The zero-order valence-corrected chi connectivity index (χ0v) is 16.9. The Hall–Kier alpha value is -3.29. The predicted molar refractivity (Wildman–Crippen MR) is 107 cm³/mol. The van der Waals surface area contributed by atoms with Crippen molar-refractivity contribution in [3.63, 3.8) is 0 Å². The maximum atomic E-state index is 11.6. The van der Waals surface area contributed by atoms with Crippen LogP contribution in [0.25, 0.3) is 16.8 Å². The summed E-state index contributed by atoms with van der Waals surface area (Å²) in [4.78, 5) is 16.3. The number of fused-ring (bicyclic) bond motifs is 1. The number of methoxy groups -OCH3 is 2. The van der Waals surface area contributed by atoms with Crippen molar-refractivity contribution in [3.05, 3.63) is 36.2 Å². The Bertz CT molecular complexity index is 1060. The van der Waals surface area contributed by atoms with E-state index in [0.717, 1.165) is 16.8 Å². The molecule has 8 heteroatoms. The highest BCUT2D eigenvalue weighted by Crippen LogP contribution is 2.33. The second-order valence-corrected chi connectivity index (χ2v) is 7.21. The summed E-state index contributed by atoms with van der Waals surface area (Å²) < 4.78 is 18.7. The van der Waals surface area contributed by atoms with Crippen LogP contribution in [0.2, 0.25) is 0 Å². The zero-order chi connectivity index (χ0) is 20.5. The normalized spacial score (nSPS) is 17.2. The molecule has 1 saturated heterocycles. The van der Waals surface area contributed by atoms with E-state index in [0.29, 0.717) is 36.0 Å². The van der Waals surface area contributed by atoms with Crippen LogP contribution in [-0.4, -0.2) is 47.4 Å². The van der Waals surface area contributed by atoms with Crippen LogP contribution >= 0.6 is 0 Å². The molecule has 0 aliphatic carbocycles. The molecule has 0 saturated carbocycles. The number of amides is 1. The molecule has 2 aromatic heterocycles. The van der Waals surface area contributed by atoms with Crippen LogP contribution in [0, 0.1) is 12.8 Å². The number of benzene rings is 1. The summed E-state index contributed by atoms with van der Waals surface area (Å²) in [5.41, 5.74) is 3.21. The number of rotatable bonds is 6. The highest BCUT2D eigenvalue weighted by molar-refractivity contribution is 5.78. The van der Waals surface area contributed by atoms with Gasteiger partial charge in [-0.25, -0.2) is 9.50 Å². The minimum atomic E-state index is -0.166. The number of nitrogens with one attached hydrogen (secondary N) is 1. The van der Waals surface area contributed by atoms with Crippen LogP contribution in [0.4, 0.5) is 0 Å². The third-order valence-electron chi connectivity index (χ3n) is 5.19. The smallest absolute Gasteiger partial charge is 0.240 e. The van der Waals surface area contributed by atoms with Crippen LogP contribution in [0.5, 0.6) is 17.4 Å². The fourth-order valence-electron chi connectivity index (χ4n) is 3.54. The second-order valence-electron chi connectivity index (χ2n) is 7.21. The first-order valence-corrected chi connectivity index (χ1v) is 9.51. The maximum absolute atomic E-state index is 11.6. The fraction of sp³-hybridized carbons (Fsp3) is 0.381. The third-order valence-corrected chi connectivity index (χ3v) is 5.19. The van der Waals surface area contributed by atoms with Crippen LogP contribution < -0.4 is 19.5 Å². The van der Waals surface area contributed by atoms with Crippen molar-refractivity contribution < 1.29 is 19.0 Å². The Morgan fingerprint density at radius 3 is 2.69 bits per heavy atom. The summed E-state index contributed by atoms with van der Waals surface area (Å²) in [6, 6.07) is 7.56. The van der Waals surface area contributed by atoms with Crippen LogP contribution in [-0.2, 0) is 4.79 Å². The van der Waals surface area contributed by atoms with Crippen molar-refractivity contribution in [2.24, 2.45) is 5.92 Å². The van der Waals surface area contributed by atoms with Crippen LogP contribution in [0.1, 0.15) is 19.0 Å². The lowest BCUT2D eigenvalue weighted by Crippen LogP contribution is -2.26. The van der Waals surface area contributed by atoms with Crippen molar-refractivity contribution in [1.82, 2.24) is 19.9 Å². The minimum Gasteiger partial charge on any atom is -0.493 e. The Labute approximate surface area is 168 Å². The number of aryl methyl sites for hydroxylation is 1. The second kappa shape index (κ2) is 7.62. The standard InChI is InChI=1S/C21H24N4O4/c1-12-7-17-21(29-13(2)15-9-20(26)22-10-15)23-16(11-25(17)24-12)14-5-6-18(27-3)19(8-14)28-4/h5-8,11,13,15H,9-10H2,1-4H3,(H,22,26). The zero-order valence-electron chi connectivity index (χ0n) is 16.9. The lowest BCUT2D eigenvalue weighted by molar-refractivity contribution is -0.119. The molecule has 2 unspecified atom stereocenters. The van der Waals surface area contributed by atoms with E-state index < -0.39 is 0 Å². The molecule has 3 heterocycles. The molecule has 2 atom stereocenters. The summed E-state index contributed by atoms with van der Waals surface area (Å²) in [6.45, 7) is 4.51. The van der Waals surface area contributed by atoms with Gasteiger partial charge in [0.1, 0.15) is 11.6 Å². The summed E-state index contributed by atoms with van der Waals surface area (Å²) in [6.07, 6.45) is 2.16. The van der Waals surface area contributed by atoms with E-state index in [9.17, 15) is 4.79 Å². The van der Waals surface area contributed by atoms with E-state index in [1.165, 1.54) is 0 Å². The molecule has 0 spiro atoms. The van der Waals surface area contributed by atoms with Gasteiger partial charge in [0.25, 0.3) is 0 Å². The highest BCUT2D eigenvalue weighted by Gasteiger charge is 2.29. The van der Waals surface area contributed by atoms with Crippen LogP contribution in [0.15, 0.2) is 30.5 Å². The quantitative estimate of drug-likeness (QED) is 0.689. The van der Waals surface area contributed by atoms with Crippen molar-refractivity contribution in [2.45, 2.75) is 26.4 Å². The monoisotopic (exact) mass is 396 g/mol. The van der Waals surface area contributed by atoms with Gasteiger partial charge in [-0.3, -0.25) is 4.79 Å². The lowest BCUT2D eigenvalue weighted by Gasteiger charge is -2.20.